The summed E-state index contributed by atoms with van der Waals surface area (Å²) in [5, 5.41) is 18.6. The quantitative estimate of drug-likeness (QED) is 0.330. The van der Waals surface area contributed by atoms with Gasteiger partial charge in [-0.2, -0.15) is 18.4 Å². The fraction of sp³-hybridized carbons (Fsp3) is 0.250. The van der Waals surface area contributed by atoms with E-state index in [1.165, 1.54) is 11.6 Å². The lowest BCUT2D eigenvalue weighted by Crippen LogP contribution is -2.23. The Morgan fingerprint density at radius 3 is 2.31 bits per heavy atom. The molecule has 11 heteroatoms. The summed E-state index contributed by atoms with van der Waals surface area (Å²) in [7, 11) is 3.21. The highest BCUT2D eigenvalue weighted by atomic mass is 19.4. The van der Waals surface area contributed by atoms with Crippen LogP contribution in [0.15, 0.2) is 54.7 Å². The van der Waals surface area contributed by atoms with Gasteiger partial charge in [-0.1, -0.05) is 62.4 Å². The van der Waals surface area contributed by atoms with Crippen molar-refractivity contribution in [3.05, 3.63) is 82.9 Å². The summed E-state index contributed by atoms with van der Waals surface area (Å²) in [5.74, 6) is 0.825. The van der Waals surface area contributed by atoms with E-state index in [0.717, 1.165) is 22.9 Å². The van der Waals surface area contributed by atoms with Crippen molar-refractivity contribution in [2.24, 2.45) is 14.1 Å². The predicted octanol–water partition coefficient (Wildman–Crippen LogP) is 5.38. The minimum Gasteiger partial charge on any atom is -0.333 e. The van der Waals surface area contributed by atoms with Crippen LogP contribution in [0.4, 0.5) is 13.2 Å². The number of aryl methyl sites for hydroxylation is 2. The highest BCUT2D eigenvalue weighted by Gasteiger charge is 2.34. The summed E-state index contributed by atoms with van der Waals surface area (Å²) in [4.78, 5) is 13.1. The van der Waals surface area contributed by atoms with Crippen LogP contribution in [0.25, 0.3) is 33.9 Å². The lowest BCUT2D eigenvalue weighted by molar-refractivity contribution is -0.140. The van der Waals surface area contributed by atoms with Gasteiger partial charge in [-0.15, -0.1) is 0 Å². The predicted molar refractivity (Wildman–Crippen MR) is 139 cm³/mol. The standard InChI is InChI=1S/C28H25F3N8/c1-16(2)19-7-5-6-8-20(19)24-34-21(13-32)23-26(36-24)39(27(33)38(23)4)14-17-9-11-18(12-10-17)25-35-22(15-37(25)3)28(29,30)31/h5-12,15-16,33H,14H2,1-4H3. The minimum absolute atomic E-state index is 0.132. The van der Waals surface area contributed by atoms with Gasteiger partial charge in [0, 0.05) is 31.4 Å². The van der Waals surface area contributed by atoms with Gasteiger partial charge in [0.05, 0.1) is 6.54 Å². The Labute approximate surface area is 222 Å². The van der Waals surface area contributed by atoms with E-state index >= 15 is 0 Å². The van der Waals surface area contributed by atoms with E-state index < -0.39 is 11.9 Å². The number of hydrogen-bond donors (Lipinski definition) is 1. The Morgan fingerprint density at radius 1 is 1.00 bits per heavy atom. The van der Waals surface area contributed by atoms with Gasteiger partial charge in [-0.25, -0.2) is 15.0 Å². The number of rotatable bonds is 5. The molecule has 198 valence electrons. The summed E-state index contributed by atoms with van der Waals surface area (Å²) in [5.41, 5.74) is 3.48. The molecule has 39 heavy (non-hydrogen) atoms. The Morgan fingerprint density at radius 2 is 1.69 bits per heavy atom. The summed E-state index contributed by atoms with van der Waals surface area (Å²) < 4.78 is 43.9. The Kier molecular flexibility index (Phi) is 6.34. The molecule has 0 atom stereocenters. The van der Waals surface area contributed by atoms with Crippen LogP contribution in [-0.2, 0) is 26.8 Å². The molecule has 1 N–H and O–H groups in total. The van der Waals surface area contributed by atoms with E-state index in [9.17, 15) is 18.4 Å². The van der Waals surface area contributed by atoms with Gasteiger partial charge in [-0.05, 0) is 17.0 Å². The molecule has 8 nitrogen and oxygen atoms in total. The van der Waals surface area contributed by atoms with Gasteiger partial charge < -0.3 is 9.13 Å². The molecule has 0 aliphatic rings. The number of aromatic nitrogens is 6. The molecular formula is C28H25F3N8. The Balaban J connectivity index is 1.58. The SMILES string of the molecule is CC(C)c1ccccc1-c1nc(C#N)c2c(n1)n(Cc1ccc(-c3nc(C(F)(F)F)cn3C)cc1)c(=N)n2C. The lowest BCUT2D eigenvalue weighted by atomic mass is 9.97. The summed E-state index contributed by atoms with van der Waals surface area (Å²) in [6, 6.07) is 16.9. The van der Waals surface area contributed by atoms with E-state index in [4.69, 9.17) is 10.4 Å². The highest BCUT2D eigenvalue weighted by molar-refractivity contribution is 5.80. The fourth-order valence-electron chi connectivity index (χ4n) is 4.69. The number of imidazole rings is 2. The Hall–Kier alpha value is -4.72. The maximum absolute atomic E-state index is 13.1. The third-order valence-electron chi connectivity index (χ3n) is 6.68. The summed E-state index contributed by atoms with van der Waals surface area (Å²) >= 11 is 0. The maximum Gasteiger partial charge on any atom is 0.434 e. The van der Waals surface area contributed by atoms with Gasteiger partial charge in [0.2, 0.25) is 5.62 Å². The van der Waals surface area contributed by atoms with Crippen LogP contribution in [0.2, 0.25) is 0 Å². The minimum atomic E-state index is -4.52. The number of alkyl halides is 3. The second-order valence-corrected chi connectivity index (χ2v) is 9.65. The molecule has 0 aliphatic carbocycles. The van der Waals surface area contributed by atoms with Crippen molar-refractivity contribution in [2.75, 3.05) is 0 Å². The third-order valence-corrected chi connectivity index (χ3v) is 6.68. The first-order valence-corrected chi connectivity index (χ1v) is 12.2. The number of hydrogen-bond acceptors (Lipinski definition) is 5. The van der Waals surface area contributed by atoms with E-state index in [1.54, 1.807) is 40.4 Å². The number of halogens is 3. The number of nitrogens with zero attached hydrogens (tertiary/aromatic N) is 7. The molecule has 0 saturated carbocycles. The van der Waals surface area contributed by atoms with Crippen molar-refractivity contribution in [3.63, 3.8) is 0 Å². The summed E-state index contributed by atoms with van der Waals surface area (Å²) in [6.07, 6.45) is -3.56. The van der Waals surface area contributed by atoms with Crippen molar-refractivity contribution in [3.8, 4) is 28.8 Å². The van der Waals surface area contributed by atoms with E-state index in [0.29, 0.717) is 22.6 Å². The normalized spacial score (nSPS) is 11.9. The van der Waals surface area contributed by atoms with Crippen LogP contribution in [0.3, 0.4) is 0 Å². The van der Waals surface area contributed by atoms with Crippen molar-refractivity contribution in [2.45, 2.75) is 32.5 Å². The molecule has 5 aromatic rings. The van der Waals surface area contributed by atoms with Crippen LogP contribution >= 0.6 is 0 Å². The van der Waals surface area contributed by atoms with Crippen molar-refractivity contribution >= 4 is 11.2 Å². The van der Waals surface area contributed by atoms with Gasteiger partial charge in [0.15, 0.2) is 22.9 Å². The second kappa shape index (κ2) is 9.54. The van der Waals surface area contributed by atoms with Crippen molar-refractivity contribution < 1.29 is 13.2 Å². The average molecular weight is 531 g/mol. The molecule has 2 aromatic carbocycles. The molecule has 0 radical (unpaired) electrons. The molecule has 0 aliphatic heterocycles. The number of benzene rings is 2. The number of nitrogens with one attached hydrogen (secondary N) is 1. The lowest BCUT2D eigenvalue weighted by Gasteiger charge is -2.12. The summed E-state index contributed by atoms with van der Waals surface area (Å²) in [6.45, 7) is 4.41. The van der Waals surface area contributed by atoms with Crippen molar-refractivity contribution in [1.29, 1.82) is 10.7 Å². The first kappa shape index (κ1) is 25.9. The van der Waals surface area contributed by atoms with Gasteiger partial charge >= 0.3 is 6.18 Å². The fourth-order valence-corrected chi connectivity index (χ4v) is 4.69. The first-order chi connectivity index (χ1) is 18.5. The molecule has 0 bridgehead atoms. The van der Waals surface area contributed by atoms with Crippen LogP contribution < -0.4 is 5.62 Å². The molecular weight excluding hydrogens is 505 g/mol. The van der Waals surface area contributed by atoms with E-state index in [1.807, 2.05) is 24.3 Å². The largest absolute Gasteiger partial charge is 0.434 e. The average Bonchev–Trinajstić information content (AvgIpc) is 3.42. The molecule has 0 saturated heterocycles. The number of fused-ring (bicyclic) bond motifs is 1. The van der Waals surface area contributed by atoms with E-state index in [2.05, 4.69) is 29.9 Å². The molecule has 0 unspecified atom stereocenters. The molecule has 3 heterocycles. The van der Waals surface area contributed by atoms with Crippen molar-refractivity contribution in [1.82, 2.24) is 28.7 Å². The molecule has 5 rings (SSSR count). The molecule has 0 amide bonds. The maximum atomic E-state index is 13.1. The zero-order chi connectivity index (χ0) is 28.1. The zero-order valence-electron chi connectivity index (χ0n) is 21.7. The monoisotopic (exact) mass is 530 g/mol. The van der Waals surface area contributed by atoms with E-state index in [-0.39, 0.29) is 29.6 Å². The molecule has 0 fully saturated rings. The third kappa shape index (κ3) is 4.58. The van der Waals surface area contributed by atoms with Crippen LogP contribution in [-0.4, -0.2) is 28.7 Å². The second-order valence-electron chi connectivity index (χ2n) is 9.65. The van der Waals surface area contributed by atoms with Gasteiger partial charge in [0.1, 0.15) is 17.4 Å². The first-order valence-electron chi connectivity index (χ1n) is 12.2. The highest BCUT2D eigenvalue weighted by Crippen LogP contribution is 2.31. The Bertz CT molecular complexity index is 1800. The van der Waals surface area contributed by atoms with Crippen LogP contribution in [0, 0.1) is 16.7 Å². The molecule has 3 aromatic heterocycles. The topological polar surface area (TPSA) is 101 Å². The van der Waals surface area contributed by atoms with Crippen LogP contribution in [0.5, 0.6) is 0 Å². The van der Waals surface area contributed by atoms with Crippen LogP contribution in [0.1, 0.15) is 42.3 Å². The zero-order valence-corrected chi connectivity index (χ0v) is 21.7. The van der Waals surface area contributed by atoms with Gasteiger partial charge in [-0.3, -0.25) is 9.98 Å². The number of nitriles is 1. The molecule has 0 spiro atoms. The van der Waals surface area contributed by atoms with Gasteiger partial charge in [0.25, 0.3) is 0 Å². The smallest absolute Gasteiger partial charge is 0.333 e.